The van der Waals surface area contributed by atoms with Crippen molar-refractivity contribution < 1.29 is 17.6 Å². The molecule has 0 spiro atoms. The van der Waals surface area contributed by atoms with Gasteiger partial charge in [-0.3, -0.25) is 5.10 Å². The Bertz CT molecular complexity index is 300. The molecule has 2 nitrogen and oxygen atoms in total. The minimum Gasteiger partial charge on any atom is -0.276 e. The number of rotatable bonds is 0. The molecule has 0 aromatic carbocycles. The zero-order valence-electron chi connectivity index (χ0n) is 6.45. The van der Waals surface area contributed by atoms with Gasteiger partial charge in [-0.15, -0.1) is 0 Å². The van der Waals surface area contributed by atoms with Crippen LogP contribution < -0.4 is 0 Å². The summed E-state index contributed by atoms with van der Waals surface area (Å²) < 4.78 is 51.9. The largest absolute Gasteiger partial charge is 0.289 e. The van der Waals surface area contributed by atoms with Gasteiger partial charge < -0.3 is 0 Å². The Morgan fingerprint density at radius 3 is 2.38 bits per heavy atom. The number of hydrogen-bond acceptors (Lipinski definition) is 1. The van der Waals surface area contributed by atoms with E-state index in [1.54, 1.807) is 0 Å². The van der Waals surface area contributed by atoms with E-state index in [9.17, 15) is 17.6 Å². The van der Waals surface area contributed by atoms with Crippen LogP contribution in [0.15, 0.2) is 6.20 Å². The van der Waals surface area contributed by atoms with Crippen molar-refractivity contribution >= 4 is 0 Å². The average Bonchev–Trinajstić information content (AvgIpc) is 2.48. The summed E-state index contributed by atoms with van der Waals surface area (Å²) in [5.74, 6) is -6.38. The molecule has 0 radical (unpaired) electrons. The fourth-order valence-corrected chi connectivity index (χ4v) is 1.42. The first-order valence-corrected chi connectivity index (χ1v) is 3.73. The Labute approximate surface area is 70.9 Å². The maximum Gasteiger partial charge on any atom is 0.289 e. The van der Waals surface area contributed by atoms with Crippen molar-refractivity contribution in [2.75, 3.05) is 0 Å². The molecule has 2 rings (SSSR count). The highest BCUT2D eigenvalue weighted by molar-refractivity contribution is 5.28. The van der Waals surface area contributed by atoms with Crippen LogP contribution in [0, 0.1) is 0 Å². The molecule has 0 aliphatic heterocycles. The molecule has 1 aliphatic carbocycles. The second kappa shape index (κ2) is 2.24. The lowest BCUT2D eigenvalue weighted by Gasteiger charge is -2.27. The van der Waals surface area contributed by atoms with Gasteiger partial charge >= 0.3 is 0 Å². The second-order valence-corrected chi connectivity index (χ2v) is 3.07. The molecular formula is C7H6F4N2. The topological polar surface area (TPSA) is 28.7 Å². The van der Waals surface area contributed by atoms with Gasteiger partial charge in [-0.05, 0) is 0 Å². The van der Waals surface area contributed by atoms with E-state index in [2.05, 4.69) is 5.10 Å². The molecule has 1 heterocycles. The summed E-state index contributed by atoms with van der Waals surface area (Å²) in [5.41, 5.74) is -1.42. The number of halogens is 4. The van der Waals surface area contributed by atoms with E-state index in [1.807, 2.05) is 5.10 Å². The number of aromatic nitrogens is 2. The van der Waals surface area contributed by atoms with Crippen molar-refractivity contribution in [1.29, 1.82) is 0 Å². The number of H-pyrrole nitrogens is 1. The number of alkyl halides is 4. The summed E-state index contributed by atoms with van der Waals surface area (Å²) in [4.78, 5) is 0. The molecular weight excluding hydrogens is 188 g/mol. The van der Waals surface area contributed by atoms with Crippen LogP contribution in [-0.2, 0) is 11.8 Å². The molecule has 0 saturated heterocycles. The van der Waals surface area contributed by atoms with E-state index in [4.69, 9.17) is 0 Å². The zero-order valence-corrected chi connectivity index (χ0v) is 6.45. The molecule has 0 atom stereocenters. The summed E-state index contributed by atoms with van der Waals surface area (Å²) in [6, 6.07) is 0. The summed E-state index contributed by atoms with van der Waals surface area (Å²) in [6.07, 6.45) is -0.899. The molecule has 1 aromatic heterocycles. The van der Waals surface area contributed by atoms with E-state index >= 15 is 0 Å². The first-order valence-electron chi connectivity index (χ1n) is 3.73. The molecule has 1 aliphatic rings. The SMILES string of the molecule is FC1(F)CCC(F)(F)c2[nH]ncc21. The van der Waals surface area contributed by atoms with Gasteiger partial charge in [0.1, 0.15) is 5.69 Å². The first kappa shape index (κ1) is 8.52. The van der Waals surface area contributed by atoms with Gasteiger partial charge in [0, 0.05) is 12.8 Å². The minimum absolute atomic E-state index is 0.677. The Morgan fingerprint density at radius 1 is 1.15 bits per heavy atom. The molecule has 1 N–H and O–H groups in total. The molecule has 0 saturated carbocycles. The van der Waals surface area contributed by atoms with Crippen LogP contribution in [-0.4, -0.2) is 10.2 Å². The van der Waals surface area contributed by atoms with Crippen molar-refractivity contribution in [3.05, 3.63) is 17.5 Å². The number of fused-ring (bicyclic) bond motifs is 1. The van der Waals surface area contributed by atoms with Crippen molar-refractivity contribution in [2.45, 2.75) is 24.7 Å². The van der Waals surface area contributed by atoms with E-state index in [-0.39, 0.29) is 0 Å². The predicted octanol–water partition coefficient (Wildman–Crippen LogP) is 2.39. The van der Waals surface area contributed by atoms with Crippen LogP contribution in [0.1, 0.15) is 24.1 Å². The monoisotopic (exact) mass is 194 g/mol. The summed E-state index contributed by atoms with van der Waals surface area (Å²) in [6.45, 7) is 0. The van der Waals surface area contributed by atoms with E-state index in [1.165, 1.54) is 0 Å². The van der Waals surface area contributed by atoms with Crippen LogP contribution >= 0.6 is 0 Å². The highest BCUT2D eigenvalue weighted by atomic mass is 19.3. The maximum atomic E-state index is 13.0. The van der Waals surface area contributed by atoms with Gasteiger partial charge in [-0.25, -0.2) is 8.78 Å². The number of hydrogen-bond donors (Lipinski definition) is 1. The third-order valence-electron chi connectivity index (χ3n) is 2.15. The van der Waals surface area contributed by atoms with Crippen molar-refractivity contribution in [3.63, 3.8) is 0 Å². The third-order valence-corrected chi connectivity index (χ3v) is 2.15. The number of aromatic amines is 1. The molecule has 13 heavy (non-hydrogen) atoms. The molecule has 0 amide bonds. The van der Waals surface area contributed by atoms with Crippen LogP contribution in [0.5, 0.6) is 0 Å². The summed E-state index contributed by atoms with van der Waals surface area (Å²) in [5, 5.41) is 5.13. The smallest absolute Gasteiger partial charge is 0.276 e. The van der Waals surface area contributed by atoms with E-state index in [0.717, 1.165) is 6.20 Å². The van der Waals surface area contributed by atoms with Gasteiger partial charge in [0.25, 0.3) is 11.8 Å². The fraction of sp³-hybridized carbons (Fsp3) is 0.571. The zero-order chi connectivity index (χ0) is 9.69. The van der Waals surface area contributed by atoms with Crippen LogP contribution in [0.2, 0.25) is 0 Å². The maximum absolute atomic E-state index is 13.0. The molecule has 0 fully saturated rings. The molecule has 0 bridgehead atoms. The lowest BCUT2D eigenvalue weighted by Crippen LogP contribution is -2.29. The van der Waals surface area contributed by atoms with Gasteiger partial charge in [0.15, 0.2) is 0 Å². The Kier molecular flexibility index (Phi) is 1.47. The molecule has 1 aromatic rings. The first-order chi connectivity index (χ1) is 5.93. The predicted molar refractivity (Wildman–Crippen MR) is 35.6 cm³/mol. The van der Waals surface area contributed by atoms with Crippen molar-refractivity contribution in [2.24, 2.45) is 0 Å². The van der Waals surface area contributed by atoms with Crippen LogP contribution in [0.3, 0.4) is 0 Å². The average molecular weight is 194 g/mol. The van der Waals surface area contributed by atoms with Crippen molar-refractivity contribution in [3.8, 4) is 0 Å². The lowest BCUT2D eigenvalue weighted by molar-refractivity contribution is -0.0976. The highest BCUT2D eigenvalue weighted by Crippen LogP contribution is 2.48. The quantitative estimate of drug-likeness (QED) is 0.631. The molecule has 72 valence electrons. The Morgan fingerprint density at radius 2 is 1.77 bits per heavy atom. The lowest BCUT2D eigenvalue weighted by atomic mass is 9.91. The van der Waals surface area contributed by atoms with Crippen LogP contribution in [0.4, 0.5) is 17.6 Å². The minimum atomic E-state index is -3.20. The van der Waals surface area contributed by atoms with Crippen LogP contribution in [0.25, 0.3) is 0 Å². The van der Waals surface area contributed by atoms with E-state index in [0.29, 0.717) is 0 Å². The van der Waals surface area contributed by atoms with E-state index < -0.39 is 35.9 Å². The molecule has 6 heteroatoms. The van der Waals surface area contributed by atoms with Gasteiger partial charge in [-0.2, -0.15) is 13.9 Å². The summed E-state index contributed by atoms with van der Waals surface area (Å²) >= 11 is 0. The number of nitrogens with one attached hydrogen (secondary N) is 1. The standard InChI is InChI=1S/C7H6F4N2/c8-6(9)1-2-7(10,11)5-4(6)3-12-13-5/h3H,1-2H2,(H,12,13). The van der Waals surface area contributed by atoms with Gasteiger partial charge in [0.2, 0.25) is 0 Å². The summed E-state index contributed by atoms with van der Waals surface area (Å²) in [7, 11) is 0. The van der Waals surface area contributed by atoms with Crippen molar-refractivity contribution in [1.82, 2.24) is 10.2 Å². The second-order valence-electron chi connectivity index (χ2n) is 3.07. The third kappa shape index (κ3) is 1.12. The number of nitrogens with zero attached hydrogens (tertiary/aromatic N) is 1. The highest BCUT2D eigenvalue weighted by Gasteiger charge is 2.50. The Hall–Kier alpha value is -1.07. The fourth-order valence-electron chi connectivity index (χ4n) is 1.42. The van der Waals surface area contributed by atoms with Gasteiger partial charge in [0.05, 0.1) is 11.8 Å². The Balaban J connectivity index is 2.56. The molecule has 0 unspecified atom stereocenters. The normalized spacial score (nSPS) is 24.0. The van der Waals surface area contributed by atoms with Gasteiger partial charge in [-0.1, -0.05) is 0 Å².